The van der Waals surface area contributed by atoms with Crippen molar-refractivity contribution in [3.05, 3.63) is 0 Å². The van der Waals surface area contributed by atoms with Crippen LogP contribution in [0.4, 0.5) is 0 Å². The van der Waals surface area contributed by atoms with Crippen molar-refractivity contribution in [2.45, 2.75) is 37.8 Å². The van der Waals surface area contributed by atoms with Gasteiger partial charge in [0.15, 0.2) is 0 Å². The summed E-state index contributed by atoms with van der Waals surface area (Å²) in [7, 11) is 1.89. The minimum absolute atomic E-state index is 0.0399. The van der Waals surface area contributed by atoms with Gasteiger partial charge >= 0.3 is 0 Å². The minimum atomic E-state index is 0.0399. The number of carbonyl (C=O) groups is 1. The van der Waals surface area contributed by atoms with Gasteiger partial charge in [-0.1, -0.05) is 12.8 Å². The molecule has 1 saturated heterocycles. The van der Waals surface area contributed by atoms with Crippen LogP contribution >= 0.6 is 11.8 Å². The predicted octanol–water partition coefficient (Wildman–Crippen LogP) is 1.09. The first kappa shape index (κ1) is 11.3. The summed E-state index contributed by atoms with van der Waals surface area (Å²) >= 11 is 1.89. The van der Waals surface area contributed by atoms with Gasteiger partial charge in [0.25, 0.3) is 0 Å². The topological polar surface area (TPSA) is 32.3 Å². The van der Waals surface area contributed by atoms with Crippen molar-refractivity contribution in [2.75, 3.05) is 25.1 Å². The molecule has 0 aromatic rings. The Hall–Kier alpha value is -0.220. The smallest absolute Gasteiger partial charge is 0.240 e. The summed E-state index contributed by atoms with van der Waals surface area (Å²) in [6.07, 6.45) is 5.03. The molecule has 3 nitrogen and oxygen atoms in total. The molecule has 86 valence electrons. The van der Waals surface area contributed by atoms with E-state index in [1.165, 1.54) is 25.7 Å². The highest BCUT2D eigenvalue weighted by atomic mass is 32.2. The standard InChI is InChI=1S/C11H20N2OS/c1-12-10-8-15-7-6-13(11(10)14)9-4-2-3-5-9/h9-10,12H,2-8H2,1H3. The van der Waals surface area contributed by atoms with Gasteiger partial charge in [0.2, 0.25) is 5.91 Å². The average molecular weight is 228 g/mol. The second-order valence-corrected chi connectivity index (χ2v) is 5.54. The van der Waals surface area contributed by atoms with Gasteiger partial charge in [0.1, 0.15) is 0 Å². The Balaban J connectivity index is 2.03. The van der Waals surface area contributed by atoms with Crippen molar-refractivity contribution in [1.29, 1.82) is 0 Å². The molecule has 1 amide bonds. The molecule has 0 aromatic heterocycles. The van der Waals surface area contributed by atoms with E-state index in [1.807, 2.05) is 18.8 Å². The van der Waals surface area contributed by atoms with Crippen LogP contribution < -0.4 is 5.32 Å². The van der Waals surface area contributed by atoms with Crippen LogP contribution in [0.25, 0.3) is 0 Å². The number of amides is 1. The Morgan fingerprint density at radius 2 is 2.13 bits per heavy atom. The molecule has 1 saturated carbocycles. The van der Waals surface area contributed by atoms with Crippen molar-refractivity contribution in [3.8, 4) is 0 Å². The third-order valence-electron chi connectivity index (χ3n) is 3.46. The van der Waals surface area contributed by atoms with Crippen molar-refractivity contribution in [3.63, 3.8) is 0 Å². The molecule has 1 heterocycles. The Labute approximate surface area is 96.0 Å². The number of carbonyl (C=O) groups excluding carboxylic acids is 1. The third kappa shape index (κ3) is 2.48. The lowest BCUT2D eigenvalue weighted by Gasteiger charge is -2.29. The second kappa shape index (κ2) is 5.21. The summed E-state index contributed by atoms with van der Waals surface area (Å²) in [5, 5.41) is 3.14. The van der Waals surface area contributed by atoms with E-state index in [-0.39, 0.29) is 6.04 Å². The first-order valence-corrected chi connectivity index (χ1v) is 7.04. The maximum atomic E-state index is 12.2. The van der Waals surface area contributed by atoms with Gasteiger partial charge in [-0.25, -0.2) is 0 Å². The van der Waals surface area contributed by atoms with Gasteiger partial charge in [0, 0.05) is 24.1 Å². The first-order valence-electron chi connectivity index (χ1n) is 5.88. The van der Waals surface area contributed by atoms with Crippen LogP contribution in [0.1, 0.15) is 25.7 Å². The molecule has 2 aliphatic rings. The van der Waals surface area contributed by atoms with Crippen LogP contribution in [0.2, 0.25) is 0 Å². The van der Waals surface area contributed by atoms with E-state index in [2.05, 4.69) is 10.2 Å². The van der Waals surface area contributed by atoms with Crippen LogP contribution in [0.3, 0.4) is 0 Å². The Bertz CT molecular complexity index is 229. The fourth-order valence-corrected chi connectivity index (χ4v) is 3.57. The van der Waals surface area contributed by atoms with Crippen LogP contribution in [-0.4, -0.2) is 48.0 Å². The lowest BCUT2D eigenvalue weighted by Crippen LogP contribution is -2.49. The molecular formula is C11H20N2OS. The molecule has 1 unspecified atom stereocenters. The van der Waals surface area contributed by atoms with E-state index >= 15 is 0 Å². The van der Waals surface area contributed by atoms with Gasteiger partial charge in [-0.05, 0) is 19.9 Å². The quantitative estimate of drug-likeness (QED) is 0.768. The zero-order valence-corrected chi connectivity index (χ0v) is 10.2. The summed E-state index contributed by atoms with van der Waals surface area (Å²) in [5.74, 6) is 2.35. The van der Waals surface area contributed by atoms with Crippen LogP contribution in [0.15, 0.2) is 0 Å². The molecule has 1 aliphatic carbocycles. The molecule has 15 heavy (non-hydrogen) atoms. The molecule has 1 aliphatic heterocycles. The molecule has 0 spiro atoms. The first-order chi connectivity index (χ1) is 7.33. The molecule has 2 fully saturated rings. The fraction of sp³-hybridized carbons (Fsp3) is 0.909. The molecule has 0 radical (unpaired) electrons. The van der Waals surface area contributed by atoms with E-state index in [4.69, 9.17) is 0 Å². The summed E-state index contributed by atoms with van der Waals surface area (Å²) in [6.45, 7) is 0.951. The highest BCUT2D eigenvalue weighted by Gasteiger charge is 2.32. The van der Waals surface area contributed by atoms with Crippen molar-refractivity contribution in [2.24, 2.45) is 0 Å². The van der Waals surface area contributed by atoms with Crippen LogP contribution in [-0.2, 0) is 4.79 Å². The molecule has 1 N–H and O–H groups in total. The highest BCUT2D eigenvalue weighted by Crippen LogP contribution is 2.26. The Kier molecular flexibility index (Phi) is 3.92. The minimum Gasteiger partial charge on any atom is -0.338 e. The predicted molar refractivity (Wildman–Crippen MR) is 64.1 cm³/mol. The summed E-state index contributed by atoms with van der Waals surface area (Å²) in [5.41, 5.74) is 0. The van der Waals surface area contributed by atoms with Gasteiger partial charge in [0.05, 0.1) is 6.04 Å². The summed E-state index contributed by atoms with van der Waals surface area (Å²) in [4.78, 5) is 14.3. The van der Waals surface area contributed by atoms with Crippen LogP contribution in [0, 0.1) is 0 Å². The fourth-order valence-electron chi connectivity index (χ4n) is 2.53. The van der Waals surface area contributed by atoms with Crippen LogP contribution in [0.5, 0.6) is 0 Å². The third-order valence-corrected chi connectivity index (χ3v) is 4.50. The lowest BCUT2D eigenvalue weighted by atomic mass is 10.1. The SMILES string of the molecule is CNC1CSCCN(C2CCCC2)C1=O. The number of nitrogens with zero attached hydrogens (tertiary/aromatic N) is 1. The molecule has 4 heteroatoms. The Morgan fingerprint density at radius 1 is 1.40 bits per heavy atom. The number of thioether (sulfide) groups is 1. The highest BCUT2D eigenvalue weighted by molar-refractivity contribution is 7.99. The van der Waals surface area contributed by atoms with E-state index in [1.54, 1.807) is 0 Å². The van der Waals surface area contributed by atoms with Gasteiger partial charge in [-0.3, -0.25) is 4.79 Å². The number of nitrogens with one attached hydrogen (secondary N) is 1. The molecule has 2 rings (SSSR count). The zero-order chi connectivity index (χ0) is 10.7. The second-order valence-electron chi connectivity index (χ2n) is 4.39. The van der Waals surface area contributed by atoms with Crippen molar-refractivity contribution < 1.29 is 4.79 Å². The van der Waals surface area contributed by atoms with Gasteiger partial charge < -0.3 is 10.2 Å². The van der Waals surface area contributed by atoms with Gasteiger partial charge in [-0.2, -0.15) is 11.8 Å². The molecule has 0 bridgehead atoms. The molecular weight excluding hydrogens is 208 g/mol. The number of likely N-dealkylation sites (N-methyl/N-ethyl adjacent to an activating group) is 1. The van der Waals surface area contributed by atoms with E-state index in [9.17, 15) is 4.79 Å². The summed E-state index contributed by atoms with van der Waals surface area (Å²) in [6, 6.07) is 0.574. The van der Waals surface area contributed by atoms with E-state index < -0.39 is 0 Å². The molecule has 1 atom stereocenters. The number of rotatable bonds is 2. The normalized spacial score (nSPS) is 29.5. The van der Waals surface area contributed by atoms with E-state index in [0.29, 0.717) is 11.9 Å². The van der Waals surface area contributed by atoms with Gasteiger partial charge in [-0.15, -0.1) is 0 Å². The average Bonchev–Trinajstić information content (AvgIpc) is 2.70. The maximum Gasteiger partial charge on any atom is 0.240 e. The number of hydrogen-bond donors (Lipinski definition) is 1. The maximum absolute atomic E-state index is 12.2. The zero-order valence-electron chi connectivity index (χ0n) is 9.37. The lowest BCUT2D eigenvalue weighted by molar-refractivity contribution is -0.134. The monoisotopic (exact) mass is 228 g/mol. The van der Waals surface area contributed by atoms with Crippen molar-refractivity contribution >= 4 is 17.7 Å². The largest absolute Gasteiger partial charge is 0.338 e. The Morgan fingerprint density at radius 3 is 2.80 bits per heavy atom. The summed E-state index contributed by atoms with van der Waals surface area (Å²) < 4.78 is 0. The number of hydrogen-bond acceptors (Lipinski definition) is 3. The van der Waals surface area contributed by atoms with E-state index in [0.717, 1.165) is 18.1 Å². The molecule has 0 aromatic carbocycles. The van der Waals surface area contributed by atoms with Crippen molar-refractivity contribution in [1.82, 2.24) is 10.2 Å².